The molecule has 0 saturated carbocycles. The average Bonchev–Trinajstić information content (AvgIpc) is 1.86. The molecule has 0 radical (unpaired) electrons. The van der Waals surface area contributed by atoms with Crippen LogP contribution in [0.2, 0.25) is 0 Å². The second-order valence-electron chi connectivity index (χ2n) is 1.40. The predicted octanol–water partition coefficient (Wildman–Crippen LogP) is 2.21. The Morgan fingerprint density at radius 2 is 1.82 bits per heavy atom. The summed E-state index contributed by atoms with van der Waals surface area (Å²) in [5.74, 6) is 0. The maximum absolute atomic E-state index is 9.89. The summed E-state index contributed by atoms with van der Waals surface area (Å²) >= 11 is 20.8. The third kappa shape index (κ3) is 2.77. The summed E-state index contributed by atoms with van der Waals surface area (Å²) in [6, 6.07) is 1.40. The van der Waals surface area contributed by atoms with E-state index in [1.54, 1.807) is 0 Å². The molecule has 0 aromatic rings. The van der Waals surface area contributed by atoms with E-state index in [4.69, 9.17) is 51.7 Å². The van der Waals surface area contributed by atoms with Gasteiger partial charge in [-0.05, 0) is 0 Å². The van der Waals surface area contributed by atoms with Gasteiger partial charge in [-0.2, -0.15) is 13.8 Å². The first kappa shape index (κ1) is 11.5. The molecule has 11 heavy (non-hydrogen) atoms. The van der Waals surface area contributed by atoms with Crippen molar-refractivity contribution in [3.05, 3.63) is 0 Å². The Balaban J connectivity index is 4.94. The van der Waals surface area contributed by atoms with Gasteiger partial charge in [-0.25, -0.2) is 0 Å². The van der Waals surface area contributed by atoms with Gasteiger partial charge in [0, 0.05) is 0 Å². The van der Waals surface area contributed by atoms with E-state index in [2.05, 4.69) is 4.36 Å². The number of nitriles is 1. The molecule has 3 nitrogen and oxygen atoms in total. The minimum atomic E-state index is -2.12. The van der Waals surface area contributed by atoms with Crippen molar-refractivity contribution in [2.24, 2.45) is 4.36 Å². The Bertz CT molecular complexity index is 239. The Labute approximate surface area is 86.4 Å². The monoisotopic (exact) mass is 252 g/mol. The summed E-state index contributed by atoms with van der Waals surface area (Å²) < 4.78 is 10.8. The summed E-state index contributed by atoms with van der Waals surface area (Å²) in [4.78, 5) is -2.12. The molecule has 0 aliphatic rings. The molecule has 0 aliphatic carbocycles. The molecule has 0 heterocycles. The van der Waals surface area contributed by atoms with Crippen LogP contribution in [-0.4, -0.2) is 13.0 Å². The fourth-order valence-corrected chi connectivity index (χ4v) is 0.956. The van der Waals surface area contributed by atoms with Crippen molar-refractivity contribution in [3.63, 3.8) is 0 Å². The molecule has 1 unspecified atom stereocenters. The second-order valence-corrected chi connectivity index (χ2v) is 4.56. The number of nitrogens with zero attached hydrogens (tertiary/aromatic N) is 2. The normalized spacial score (nSPS) is 16.3. The molecule has 1 atom stereocenters. The van der Waals surface area contributed by atoms with E-state index in [9.17, 15) is 4.21 Å². The number of halogens is 4. The molecule has 0 N–H and O–H groups in total. The van der Waals surface area contributed by atoms with Gasteiger partial charge in [0.25, 0.3) is 5.00 Å². The van der Waals surface area contributed by atoms with Crippen molar-refractivity contribution in [1.82, 2.24) is 0 Å². The fraction of sp³-hybridized carbons (Fsp3) is 0.667. The maximum atomic E-state index is 9.89. The number of hydrogen-bond acceptors (Lipinski definition) is 3. The standard InChI is InChI=1S/C3Cl4N2OS/c4-2(1-8,9-11-10)3(5,6)7. The average molecular weight is 254 g/mol. The third-order valence-electron chi connectivity index (χ3n) is 0.687. The SMILES string of the molecule is N#CC(Cl)(N=S=O)C(Cl)(Cl)Cl. The lowest BCUT2D eigenvalue weighted by molar-refractivity contribution is 0.690. The Kier molecular flexibility index (Phi) is 4.09. The summed E-state index contributed by atoms with van der Waals surface area (Å²) in [6.07, 6.45) is 0. The van der Waals surface area contributed by atoms with Gasteiger partial charge >= 0.3 is 0 Å². The summed E-state index contributed by atoms with van der Waals surface area (Å²) in [5, 5.41) is 8.37. The van der Waals surface area contributed by atoms with E-state index < -0.39 is 8.79 Å². The lowest BCUT2D eigenvalue weighted by Crippen LogP contribution is -2.32. The summed E-state index contributed by atoms with van der Waals surface area (Å²) in [6.45, 7) is 0. The van der Waals surface area contributed by atoms with E-state index in [1.165, 1.54) is 6.07 Å². The molecule has 0 amide bonds. The largest absolute Gasteiger partial charge is 0.280 e. The number of hydrogen-bond donors (Lipinski definition) is 0. The lowest BCUT2D eigenvalue weighted by Gasteiger charge is -2.19. The fourth-order valence-electron chi connectivity index (χ4n) is 0.187. The minimum Gasteiger partial charge on any atom is -0.194 e. The van der Waals surface area contributed by atoms with Crippen LogP contribution in [0, 0.1) is 11.3 Å². The van der Waals surface area contributed by atoms with Gasteiger partial charge in [0.1, 0.15) is 6.07 Å². The first-order valence-electron chi connectivity index (χ1n) is 2.05. The van der Waals surface area contributed by atoms with Crippen LogP contribution >= 0.6 is 46.4 Å². The van der Waals surface area contributed by atoms with Crippen LogP contribution in [0.25, 0.3) is 0 Å². The smallest absolute Gasteiger partial charge is 0.194 e. The summed E-state index contributed by atoms with van der Waals surface area (Å²) in [5.41, 5.74) is 0. The Hall–Kier alpha value is 0.470. The zero-order valence-corrected chi connectivity index (χ0v) is 8.56. The predicted molar refractivity (Wildman–Crippen MR) is 45.1 cm³/mol. The van der Waals surface area contributed by atoms with Gasteiger partial charge in [-0.1, -0.05) is 46.4 Å². The first-order chi connectivity index (χ1) is 4.87. The van der Waals surface area contributed by atoms with Crippen LogP contribution in [0.4, 0.5) is 0 Å². The molecule has 0 fully saturated rings. The van der Waals surface area contributed by atoms with Crippen molar-refractivity contribution in [2.45, 2.75) is 8.79 Å². The summed E-state index contributed by atoms with van der Waals surface area (Å²) in [7, 11) is 0. The molecule has 0 spiro atoms. The molecule has 0 aromatic heterocycles. The van der Waals surface area contributed by atoms with Crippen LogP contribution in [0.15, 0.2) is 4.36 Å². The Morgan fingerprint density at radius 3 is 1.91 bits per heavy atom. The van der Waals surface area contributed by atoms with Crippen molar-refractivity contribution < 1.29 is 4.21 Å². The van der Waals surface area contributed by atoms with Crippen molar-refractivity contribution >= 4 is 57.9 Å². The maximum Gasteiger partial charge on any atom is 0.280 e. The van der Waals surface area contributed by atoms with Gasteiger partial charge in [0.15, 0.2) is 0 Å². The van der Waals surface area contributed by atoms with Crippen molar-refractivity contribution in [1.29, 1.82) is 5.26 Å². The van der Waals surface area contributed by atoms with Crippen molar-refractivity contribution in [2.75, 3.05) is 0 Å². The van der Waals surface area contributed by atoms with Crippen LogP contribution in [-0.2, 0) is 11.5 Å². The lowest BCUT2D eigenvalue weighted by atomic mass is 10.4. The molecule has 62 valence electrons. The highest BCUT2D eigenvalue weighted by Gasteiger charge is 2.48. The number of alkyl halides is 4. The zero-order chi connectivity index (χ0) is 9.12. The van der Waals surface area contributed by atoms with Crippen LogP contribution in [0.1, 0.15) is 0 Å². The van der Waals surface area contributed by atoms with Crippen molar-refractivity contribution in [3.8, 4) is 6.07 Å². The van der Waals surface area contributed by atoms with E-state index in [-0.39, 0.29) is 11.5 Å². The minimum absolute atomic E-state index is 0.273. The van der Waals surface area contributed by atoms with Gasteiger partial charge in [0.2, 0.25) is 15.3 Å². The molecule has 0 aliphatic heterocycles. The third-order valence-corrected chi connectivity index (χ3v) is 2.70. The first-order valence-corrected chi connectivity index (χ1v) is 4.26. The van der Waals surface area contributed by atoms with Crippen LogP contribution < -0.4 is 0 Å². The quantitative estimate of drug-likeness (QED) is 0.532. The second kappa shape index (κ2) is 3.92. The highest BCUT2D eigenvalue weighted by atomic mass is 35.6. The van der Waals surface area contributed by atoms with Gasteiger partial charge in [0.05, 0.1) is 0 Å². The van der Waals surface area contributed by atoms with E-state index in [1.807, 2.05) is 0 Å². The van der Waals surface area contributed by atoms with E-state index in [0.717, 1.165) is 0 Å². The molecule has 8 heteroatoms. The molecule has 0 bridgehead atoms. The van der Waals surface area contributed by atoms with Gasteiger partial charge in [-0.15, -0.1) is 0 Å². The van der Waals surface area contributed by atoms with E-state index >= 15 is 0 Å². The zero-order valence-electron chi connectivity index (χ0n) is 4.72. The highest BCUT2D eigenvalue weighted by molar-refractivity contribution is 7.54. The molecule has 0 saturated heterocycles. The molecule has 0 rings (SSSR count). The molecular formula is C3Cl4N2OS. The molecular weight excluding hydrogens is 254 g/mol. The Morgan fingerprint density at radius 1 is 1.36 bits per heavy atom. The van der Waals surface area contributed by atoms with E-state index in [0.29, 0.717) is 0 Å². The topological polar surface area (TPSA) is 53.2 Å². The van der Waals surface area contributed by atoms with Crippen LogP contribution in [0.5, 0.6) is 0 Å². The molecule has 0 aromatic carbocycles. The van der Waals surface area contributed by atoms with Crippen LogP contribution in [0.3, 0.4) is 0 Å². The van der Waals surface area contributed by atoms with Gasteiger partial charge < -0.3 is 0 Å². The number of rotatable bonds is 1. The highest BCUT2D eigenvalue weighted by Crippen LogP contribution is 2.43. The van der Waals surface area contributed by atoms with Gasteiger partial charge in [-0.3, -0.25) is 0 Å².